The third-order valence-corrected chi connectivity index (χ3v) is 5.65. The van der Waals surface area contributed by atoms with Crippen molar-refractivity contribution in [3.8, 4) is 0 Å². The van der Waals surface area contributed by atoms with Gasteiger partial charge in [0.25, 0.3) is 0 Å². The quantitative estimate of drug-likeness (QED) is 0.128. The first kappa shape index (κ1) is 27.5. The first-order valence-electron chi connectivity index (χ1n) is 12.8. The van der Waals surface area contributed by atoms with Crippen molar-refractivity contribution in [1.82, 2.24) is 0 Å². The van der Waals surface area contributed by atoms with Gasteiger partial charge in [-0.2, -0.15) is 0 Å². The molecule has 0 amide bonds. The minimum Gasteiger partial charge on any atom is -0.432 e. The molecule has 0 spiro atoms. The Labute approximate surface area is 191 Å². The van der Waals surface area contributed by atoms with Crippen LogP contribution in [0.15, 0.2) is 24.3 Å². The highest BCUT2D eigenvalue weighted by Crippen LogP contribution is 2.14. The van der Waals surface area contributed by atoms with Crippen molar-refractivity contribution in [3.05, 3.63) is 29.8 Å². The van der Waals surface area contributed by atoms with Crippen molar-refractivity contribution in [2.45, 2.75) is 117 Å². The molecule has 0 aliphatic carbocycles. The summed E-state index contributed by atoms with van der Waals surface area (Å²) in [7, 11) is 0. The van der Waals surface area contributed by atoms with Crippen molar-refractivity contribution in [2.24, 2.45) is 0 Å². The first-order valence-corrected chi connectivity index (χ1v) is 12.8. The fourth-order valence-electron chi connectivity index (χ4n) is 3.76. The molecule has 178 valence electrons. The Morgan fingerprint density at radius 1 is 0.774 bits per heavy atom. The molecule has 1 rings (SSSR count). The molecule has 0 aromatic heterocycles. The van der Waals surface area contributed by atoms with Crippen molar-refractivity contribution >= 4 is 11.7 Å². The fourth-order valence-corrected chi connectivity index (χ4v) is 3.76. The minimum absolute atomic E-state index is 0.348. The number of ether oxygens (including phenoxy) is 2. The maximum Gasteiger partial charge on any atom is 0.340 e. The van der Waals surface area contributed by atoms with Gasteiger partial charge in [-0.3, -0.25) is 0 Å². The molecule has 31 heavy (non-hydrogen) atoms. The summed E-state index contributed by atoms with van der Waals surface area (Å²) in [5.74, 6) is -0.348. The van der Waals surface area contributed by atoms with Gasteiger partial charge in [0.15, 0.2) is 6.29 Å². The highest BCUT2D eigenvalue weighted by Gasteiger charge is 2.11. The summed E-state index contributed by atoms with van der Waals surface area (Å²) in [5.41, 5.74) is 1.60. The van der Waals surface area contributed by atoms with Crippen LogP contribution in [-0.2, 0) is 9.47 Å². The molecule has 0 saturated heterocycles. The zero-order chi connectivity index (χ0) is 22.6. The van der Waals surface area contributed by atoms with Gasteiger partial charge in [-0.15, -0.1) is 0 Å². The number of unbranched alkanes of at least 4 members (excludes halogenated alkanes) is 13. The highest BCUT2D eigenvalue weighted by molar-refractivity contribution is 5.89. The van der Waals surface area contributed by atoms with Gasteiger partial charge in [-0.1, -0.05) is 90.4 Å². The van der Waals surface area contributed by atoms with Gasteiger partial charge in [0.1, 0.15) is 0 Å². The second-order valence-corrected chi connectivity index (χ2v) is 8.53. The molecule has 1 aromatic carbocycles. The van der Waals surface area contributed by atoms with E-state index in [-0.39, 0.29) is 5.97 Å². The number of anilines is 1. The standard InChI is InChI=1S/C27H47NO3/c1-4-6-7-8-9-10-11-12-13-14-15-16-17-18-23-28-26-21-19-25(20-22-26)27(29)31-24(3)30-5-2/h19-22,24,28H,4-18,23H2,1-3H3. The van der Waals surface area contributed by atoms with E-state index in [2.05, 4.69) is 12.2 Å². The molecule has 0 saturated carbocycles. The van der Waals surface area contributed by atoms with Gasteiger partial charge < -0.3 is 14.8 Å². The predicted molar refractivity (Wildman–Crippen MR) is 132 cm³/mol. The summed E-state index contributed by atoms with van der Waals surface area (Å²) in [4.78, 5) is 12.0. The lowest BCUT2D eigenvalue weighted by Gasteiger charge is -2.13. The van der Waals surface area contributed by atoms with Gasteiger partial charge in [0.05, 0.1) is 5.56 Å². The molecule has 4 nitrogen and oxygen atoms in total. The van der Waals surface area contributed by atoms with Gasteiger partial charge in [0, 0.05) is 18.8 Å². The molecule has 0 aliphatic heterocycles. The zero-order valence-electron chi connectivity index (χ0n) is 20.4. The molecule has 1 N–H and O–H groups in total. The third-order valence-electron chi connectivity index (χ3n) is 5.65. The van der Waals surface area contributed by atoms with Crippen LogP contribution in [-0.4, -0.2) is 25.4 Å². The highest BCUT2D eigenvalue weighted by atomic mass is 16.7. The third kappa shape index (κ3) is 15.0. The number of carbonyl (C=O) groups is 1. The molecular formula is C27H47NO3. The minimum atomic E-state index is -0.518. The smallest absolute Gasteiger partial charge is 0.340 e. The number of esters is 1. The molecule has 1 atom stereocenters. The monoisotopic (exact) mass is 433 g/mol. The zero-order valence-corrected chi connectivity index (χ0v) is 20.4. The molecule has 1 aromatic rings. The predicted octanol–water partition coefficient (Wildman–Crippen LogP) is 8.12. The number of hydrogen-bond acceptors (Lipinski definition) is 4. The van der Waals surface area contributed by atoms with Crippen LogP contribution in [0.2, 0.25) is 0 Å². The van der Waals surface area contributed by atoms with Crippen LogP contribution >= 0.6 is 0 Å². The lowest BCUT2D eigenvalue weighted by Crippen LogP contribution is -2.18. The van der Waals surface area contributed by atoms with Crippen LogP contribution < -0.4 is 5.32 Å². The molecule has 0 radical (unpaired) electrons. The number of carbonyl (C=O) groups excluding carboxylic acids is 1. The van der Waals surface area contributed by atoms with Gasteiger partial charge in [-0.25, -0.2) is 4.79 Å². The van der Waals surface area contributed by atoms with Crippen molar-refractivity contribution in [2.75, 3.05) is 18.5 Å². The average Bonchev–Trinajstić information content (AvgIpc) is 2.77. The van der Waals surface area contributed by atoms with Crippen molar-refractivity contribution in [3.63, 3.8) is 0 Å². The Bertz CT molecular complexity index is 544. The molecular weight excluding hydrogens is 386 g/mol. The van der Waals surface area contributed by atoms with E-state index in [1.165, 1.54) is 89.9 Å². The van der Waals surface area contributed by atoms with Gasteiger partial charge >= 0.3 is 5.97 Å². The topological polar surface area (TPSA) is 47.6 Å². The molecule has 0 heterocycles. The Morgan fingerprint density at radius 3 is 1.74 bits per heavy atom. The first-order chi connectivity index (χ1) is 15.2. The molecule has 0 aliphatic rings. The lowest BCUT2D eigenvalue weighted by atomic mass is 10.0. The van der Waals surface area contributed by atoms with E-state index >= 15 is 0 Å². The number of nitrogens with one attached hydrogen (secondary N) is 1. The van der Waals surface area contributed by atoms with E-state index in [0.717, 1.165) is 12.2 Å². The van der Waals surface area contributed by atoms with E-state index in [0.29, 0.717) is 12.2 Å². The largest absolute Gasteiger partial charge is 0.432 e. The van der Waals surface area contributed by atoms with Crippen LogP contribution in [0.25, 0.3) is 0 Å². The SMILES string of the molecule is CCCCCCCCCCCCCCCCNc1ccc(C(=O)OC(C)OCC)cc1. The van der Waals surface area contributed by atoms with Crippen molar-refractivity contribution in [1.29, 1.82) is 0 Å². The number of hydrogen-bond donors (Lipinski definition) is 1. The normalized spacial score (nSPS) is 12.0. The molecule has 0 bridgehead atoms. The van der Waals surface area contributed by atoms with Crippen LogP contribution in [0.1, 0.15) is 121 Å². The summed E-state index contributed by atoms with van der Waals surface area (Å²) in [6.45, 7) is 7.39. The van der Waals surface area contributed by atoms with E-state index in [4.69, 9.17) is 9.47 Å². The Balaban J connectivity index is 1.96. The Morgan fingerprint density at radius 2 is 1.26 bits per heavy atom. The van der Waals surface area contributed by atoms with Crippen LogP contribution in [0.4, 0.5) is 5.69 Å². The molecule has 0 fully saturated rings. The maximum atomic E-state index is 12.0. The average molecular weight is 434 g/mol. The summed E-state index contributed by atoms with van der Waals surface area (Å²) in [5, 5.41) is 3.44. The second kappa shape index (κ2) is 19.2. The molecule has 1 unspecified atom stereocenters. The van der Waals surface area contributed by atoms with E-state index in [1.54, 1.807) is 19.1 Å². The van der Waals surface area contributed by atoms with Gasteiger partial charge in [0.2, 0.25) is 0 Å². The van der Waals surface area contributed by atoms with E-state index in [1.807, 2.05) is 19.1 Å². The Kier molecular flexibility index (Phi) is 17.0. The summed E-state index contributed by atoms with van der Waals surface area (Å²) < 4.78 is 10.5. The van der Waals surface area contributed by atoms with Crippen molar-refractivity contribution < 1.29 is 14.3 Å². The lowest BCUT2D eigenvalue weighted by molar-refractivity contribution is -0.0940. The summed E-state index contributed by atoms with van der Waals surface area (Å²) in [6, 6.07) is 7.47. The molecule has 4 heteroatoms. The van der Waals surface area contributed by atoms with Crippen LogP contribution in [0, 0.1) is 0 Å². The van der Waals surface area contributed by atoms with Crippen LogP contribution in [0.5, 0.6) is 0 Å². The number of benzene rings is 1. The second-order valence-electron chi connectivity index (χ2n) is 8.53. The number of rotatable bonds is 20. The van der Waals surface area contributed by atoms with E-state index < -0.39 is 6.29 Å². The van der Waals surface area contributed by atoms with E-state index in [9.17, 15) is 4.79 Å². The van der Waals surface area contributed by atoms with Gasteiger partial charge in [-0.05, 0) is 44.5 Å². The summed E-state index contributed by atoms with van der Waals surface area (Å²) in [6.07, 6.45) is 18.8. The summed E-state index contributed by atoms with van der Waals surface area (Å²) >= 11 is 0. The van der Waals surface area contributed by atoms with Crippen LogP contribution in [0.3, 0.4) is 0 Å². The Hall–Kier alpha value is -1.55. The fraction of sp³-hybridized carbons (Fsp3) is 0.741. The maximum absolute atomic E-state index is 12.0.